The summed E-state index contributed by atoms with van der Waals surface area (Å²) in [6.45, 7) is 6.78. The molecule has 0 bridgehead atoms. The van der Waals surface area contributed by atoms with Crippen molar-refractivity contribution in [2.45, 2.75) is 75.7 Å². The van der Waals surface area contributed by atoms with Gasteiger partial charge in [0.1, 0.15) is 5.75 Å². The molecule has 41 heavy (non-hydrogen) atoms. The Morgan fingerprint density at radius 3 is 2.63 bits per heavy atom. The molecule has 1 aliphatic carbocycles. The van der Waals surface area contributed by atoms with Crippen LogP contribution in [0.1, 0.15) is 75.0 Å². The van der Waals surface area contributed by atoms with Gasteiger partial charge in [-0.3, -0.25) is 14.7 Å². The number of aliphatic carboxylic acids is 1. The molecule has 3 heterocycles. The number of likely N-dealkylation sites (tertiary alicyclic amines) is 1. The number of hydrogen-bond donors (Lipinski definition) is 2. The number of morpholine rings is 1. The number of aliphatic hydroxyl groups is 1. The van der Waals surface area contributed by atoms with Crippen LogP contribution in [0, 0.1) is 5.41 Å². The fourth-order valence-electron chi connectivity index (χ4n) is 6.96. The van der Waals surface area contributed by atoms with Gasteiger partial charge in [-0.15, -0.1) is 0 Å². The minimum Gasteiger partial charge on any atom is -0.497 e. The molecular weight excluding hydrogens is 538 g/mol. The third-order valence-electron chi connectivity index (χ3n) is 9.48. The first-order valence-electron chi connectivity index (χ1n) is 15.4. The molecule has 8 nitrogen and oxygen atoms in total. The number of benzene rings is 1. The van der Waals surface area contributed by atoms with Gasteiger partial charge in [-0.05, 0) is 86.4 Å². The normalized spacial score (nSPS) is 21.3. The molecule has 3 fully saturated rings. The molecule has 2 saturated heterocycles. The van der Waals surface area contributed by atoms with Gasteiger partial charge in [0.25, 0.3) is 0 Å². The summed E-state index contributed by atoms with van der Waals surface area (Å²) in [4.78, 5) is 21.6. The number of aromatic nitrogens is 1. The summed E-state index contributed by atoms with van der Waals surface area (Å²) in [5.74, 6) is 1.16. The van der Waals surface area contributed by atoms with E-state index in [9.17, 15) is 15.0 Å². The molecule has 0 radical (unpaired) electrons. The summed E-state index contributed by atoms with van der Waals surface area (Å²) < 4.78 is 11.1. The topological polar surface area (TPSA) is 95.4 Å². The van der Waals surface area contributed by atoms with Gasteiger partial charge in [-0.1, -0.05) is 12.8 Å². The summed E-state index contributed by atoms with van der Waals surface area (Å²) in [5, 5.41) is 23.4. The van der Waals surface area contributed by atoms with Crippen molar-refractivity contribution >= 4 is 28.6 Å². The van der Waals surface area contributed by atoms with Crippen molar-refractivity contribution in [3.8, 4) is 5.75 Å². The first kappa shape index (κ1) is 30.5. The molecule has 1 unspecified atom stereocenters. The number of piperidine rings is 1. The van der Waals surface area contributed by atoms with Crippen molar-refractivity contribution in [1.82, 2.24) is 14.8 Å². The van der Waals surface area contributed by atoms with Crippen molar-refractivity contribution in [3.05, 3.63) is 35.5 Å². The Hall–Kier alpha value is -1.91. The van der Waals surface area contributed by atoms with E-state index in [1.165, 1.54) is 31.4 Å². The van der Waals surface area contributed by atoms with Crippen molar-refractivity contribution in [3.63, 3.8) is 0 Å². The summed E-state index contributed by atoms with van der Waals surface area (Å²) in [5.41, 5.74) is 2.45. The van der Waals surface area contributed by atoms with Crippen LogP contribution in [0.4, 0.5) is 0 Å². The Bertz CT molecular complexity index is 1140. The number of hydrogen-bond acceptors (Lipinski definition) is 8. The van der Waals surface area contributed by atoms with E-state index in [0.29, 0.717) is 32.6 Å². The van der Waals surface area contributed by atoms with E-state index in [-0.39, 0.29) is 11.8 Å². The minimum atomic E-state index is -0.739. The fourth-order valence-corrected chi connectivity index (χ4v) is 8.32. The number of pyridine rings is 1. The molecule has 2 N–H and O–H groups in total. The zero-order valence-corrected chi connectivity index (χ0v) is 25.4. The van der Waals surface area contributed by atoms with E-state index in [4.69, 9.17) is 14.5 Å². The molecule has 2 aliphatic heterocycles. The first-order valence-corrected chi connectivity index (χ1v) is 16.5. The third kappa shape index (κ3) is 8.14. The van der Waals surface area contributed by atoms with E-state index in [0.717, 1.165) is 78.6 Å². The van der Waals surface area contributed by atoms with E-state index in [1.54, 1.807) is 7.11 Å². The molecule has 5 rings (SSSR count). The number of thioether (sulfide) groups is 1. The Balaban J connectivity index is 1.28. The van der Waals surface area contributed by atoms with Crippen LogP contribution in [0.5, 0.6) is 5.75 Å². The van der Waals surface area contributed by atoms with Crippen LogP contribution in [0.3, 0.4) is 0 Å². The highest BCUT2D eigenvalue weighted by Gasteiger charge is 2.37. The molecule has 1 saturated carbocycles. The number of aliphatic hydroxyl groups excluding tert-OH is 1. The van der Waals surface area contributed by atoms with Crippen molar-refractivity contribution in [2.75, 3.05) is 58.8 Å². The molecule has 0 amide bonds. The lowest BCUT2D eigenvalue weighted by Gasteiger charge is -2.42. The van der Waals surface area contributed by atoms with Gasteiger partial charge >= 0.3 is 5.97 Å². The maximum atomic E-state index is 12.0. The van der Waals surface area contributed by atoms with Crippen LogP contribution in [-0.2, 0) is 16.1 Å². The Morgan fingerprint density at radius 2 is 1.93 bits per heavy atom. The Morgan fingerprint density at radius 1 is 1.17 bits per heavy atom. The van der Waals surface area contributed by atoms with Crippen LogP contribution < -0.4 is 4.74 Å². The van der Waals surface area contributed by atoms with Gasteiger partial charge in [-0.25, -0.2) is 0 Å². The summed E-state index contributed by atoms with van der Waals surface area (Å²) in [6, 6.07) is 5.81. The Labute approximate surface area is 248 Å². The number of rotatable bonds is 13. The van der Waals surface area contributed by atoms with E-state index in [1.807, 2.05) is 24.4 Å². The lowest BCUT2D eigenvalue weighted by Crippen LogP contribution is -2.42. The quantitative estimate of drug-likeness (QED) is 0.332. The number of fused-ring (bicyclic) bond motifs is 1. The molecular formula is C32H47N3O5S. The van der Waals surface area contributed by atoms with E-state index < -0.39 is 12.1 Å². The smallest absolute Gasteiger partial charge is 0.303 e. The van der Waals surface area contributed by atoms with Crippen LogP contribution in [0.2, 0.25) is 0 Å². The molecule has 0 spiro atoms. The molecule has 226 valence electrons. The monoisotopic (exact) mass is 585 g/mol. The van der Waals surface area contributed by atoms with Crippen LogP contribution >= 0.6 is 11.8 Å². The fraction of sp³-hybridized carbons (Fsp3) is 0.688. The zero-order chi connectivity index (χ0) is 28.7. The predicted molar refractivity (Wildman–Crippen MR) is 164 cm³/mol. The van der Waals surface area contributed by atoms with Crippen LogP contribution in [-0.4, -0.2) is 95.0 Å². The van der Waals surface area contributed by atoms with E-state index in [2.05, 4.69) is 21.6 Å². The third-order valence-corrected chi connectivity index (χ3v) is 10.8. The summed E-state index contributed by atoms with van der Waals surface area (Å²) in [7, 11) is 1.65. The number of carbonyl (C=O) groups is 1. The lowest BCUT2D eigenvalue weighted by atomic mass is 9.71. The van der Waals surface area contributed by atoms with Crippen LogP contribution in [0.25, 0.3) is 10.9 Å². The van der Waals surface area contributed by atoms with Crippen molar-refractivity contribution in [2.24, 2.45) is 5.41 Å². The van der Waals surface area contributed by atoms with Gasteiger partial charge < -0.3 is 24.6 Å². The molecule has 2 aromatic rings. The highest BCUT2D eigenvalue weighted by Crippen LogP contribution is 2.43. The zero-order valence-electron chi connectivity index (χ0n) is 24.6. The largest absolute Gasteiger partial charge is 0.497 e. The molecule has 1 aromatic carbocycles. The van der Waals surface area contributed by atoms with Gasteiger partial charge in [0.15, 0.2) is 0 Å². The number of methoxy groups -OCH3 is 1. The average Bonchev–Trinajstić information content (AvgIpc) is 3.50. The van der Waals surface area contributed by atoms with Gasteiger partial charge in [-0.2, -0.15) is 11.8 Å². The molecule has 3 aliphatic rings. The summed E-state index contributed by atoms with van der Waals surface area (Å²) >= 11 is 2.12. The second-order valence-corrected chi connectivity index (χ2v) is 13.6. The molecule has 1 atom stereocenters. The second kappa shape index (κ2) is 14.5. The summed E-state index contributed by atoms with van der Waals surface area (Å²) in [6.07, 6.45) is 9.78. The van der Waals surface area contributed by atoms with Gasteiger partial charge in [0.05, 0.1) is 38.4 Å². The highest BCUT2D eigenvalue weighted by atomic mass is 32.2. The predicted octanol–water partition coefficient (Wildman–Crippen LogP) is 5.12. The number of ether oxygens (including phenoxy) is 2. The van der Waals surface area contributed by atoms with Crippen LogP contribution in [0.15, 0.2) is 24.4 Å². The second-order valence-electron chi connectivity index (χ2n) is 12.2. The minimum absolute atomic E-state index is 0.163. The number of carboxylic acids is 1. The number of nitrogens with zero attached hydrogens (tertiary/aromatic N) is 3. The maximum Gasteiger partial charge on any atom is 0.303 e. The average molecular weight is 586 g/mol. The lowest BCUT2D eigenvalue weighted by molar-refractivity contribution is -0.141. The molecule has 1 aromatic heterocycles. The maximum absolute atomic E-state index is 12.0. The van der Waals surface area contributed by atoms with Gasteiger partial charge in [0, 0.05) is 48.8 Å². The van der Waals surface area contributed by atoms with E-state index >= 15 is 0 Å². The van der Waals surface area contributed by atoms with Gasteiger partial charge in [0.2, 0.25) is 0 Å². The van der Waals surface area contributed by atoms with Crippen molar-refractivity contribution in [1.29, 1.82) is 0 Å². The highest BCUT2D eigenvalue weighted by molar-refractivity contribution is 7.99. The molecule has 9 heteroatoms. The standard InChI is InChI=1S/C32H47N3O5S/c1-39-25-6-7-28-27(20-25)31(24(22-33-28)23-35-14-17-40-18-15-35)29(36)8-9-32(21-30(37)38)10-12-34(13-11-32)16-19-41-26-4-2-3-5-26/h6-7,20,22,26,29,36H,2-5,8-19,21,23H2,1H3,(H,37,38). The number of carboxylic acid groups (broad SMARTS) is 1. The SMILES string of the molecule is COc1ccc2ncc(CN3CCOCC3)c(C(O)CCC3(CC(=O)O)CCN(CCSC4CCCC4)CC3)c2c1. The first-order chi connectivity index (χ1) is 19.9. The van der Waals surface area contributed by atoms with Crippen molar-refractivity contribution < 1.29 is 24.5 Å². The Kier molecular flexibility index (Phi) is 10.8.